The molecule has 0 radical (unpaired) electrons. The summed E-state index contributed by atoms with van der Waals surface area (Å²) >= 11 is 0. The average Bonchev–Trinajstić information content (AvgIpc) is 2.37. The third-order valence-corrected chi connectivity index (χ3v) is 4.52. The maximum atomic E-state index is 11.9. The van der Waals surface area contributed by atoms with Gasteiger partial charge in [-0.15, -0.1) is 0 Å². The first-order valence-corrected chi connectivity index (χ1v) is 6.97. The fourth-order valence-electron chi connectivity index (χ4n) is 1.86. The molecule has 0 atom stereocenters. The fraction of sp³-hybridized carbons (Fsp3) is 0.273. The maximum Gasteiger partial charge on any atom is 0.394 e. The van der Waals surface area contributed by atoms with Crippen molar-refractivity contribution in [1.82, 2.24) is 0 Å². The van der Waals surface area contributed by atoms with Crippen molar-refractivity contribution in [1.29, 1.82) is 0 Å². The van der Waals surface area contributed by atoms with Gasteiger partial charge in [-0.25, -0.2) is 13.2 Å². The van der Waals surface area contributed by atoms with Crippen molar-refractivity contribution in [3.05, 3.63) is 18.2 Å². The van der Waals surface area contributed by atoms with Crippen LogP contribution in [0.5, 0.6) is 5.75 Å². The molecule has 1 aliphatic heterocycles. The number of anilines is 1. The molecule has 7 nitrogen and oxygen atoms in total. The van der Waals surface area contributed by atoms with E-state index in [1.54, 1.807) is 0 Å². The molecule has 0 spiro atoms. The zero-order valence-electron chi connectivity index (χ0n) is 9.99. The minimum atomic E-state index is -3.53. The highest BCUT2D eigenvalue weighted by Gasteiger charge is 2.34. The number of hydrogen-bond acceptors (Lipinski definition) is 5. The van der Waals surface area contributed by atoms with Crippen molar-refractivity contribution < 1.29 is 27.9 Å². The number of carboxylic acids is 1. The van der Waals surface area contributed by atoms with Gasteiger partial charge in [0.1, 0.15) is 5.75 Å². The van der Waals surface area contributed by atoms with Crippen LogP contribution >= 0.6 is 0 Å². The zero-order valence-corrected chi connectivity index (χ0v) is 10.8. The van der Waals surface area contributed by atoms with Gasteiger partial charge in [0, 0.05) is 12.6 Å². The molecule has 0 bridgehead atoms. The summed E-state index contributed by atoms with van der Waals surface area (Å²) in [5.74, 6) is -2.76. The van der Waals surface area contributed by atoms with Crippen LogP contribution in [0.25, 0.3) is 0 Å². The fourth-order valence-corrected chi connectivity index (χ4v) is 3.30. The Bertz CT molecular complexity index is 651. The van der Waals surface area contributed by atoms with Crippen LogP contribution in [0.15, 0.2) is 23.1 Å². The van der Waals surface area contributed by atoms with Crippen molar-refractivity contribution in [3.63, 3.8) is 0 Å². The summed E-state index contributed by atoms with van der Waals surface area (Å²) in [6.45, 7) is -0.174. The second-order valence-electron chi connectivity index (χ2n) is 3.91. The number of fused-ring (bicyclic) bond motifs is 1. The van der Waals surface area contributed by atoms with E-state index in [9.17, 15) is 18.0 Å². The molecule has 1 amide bonds. The zero-order chi connectivity index (χ0) is 14.2. The van der Waals surface area contributed by atoms with Crippen molar-refractivity contribution in [2.24, 2.45) is 0 Å². The van der Waals surface area contributed by atoms with Gasteiger partial charge < -0.3 is 14.7 Å². The monoisotopic (exact) mass is 285 g/mol. The first kappa shape index (κ1) is 13.3. The molecule has 0 saturated heterocycles. The number of rotatable bonds is 1. The molecule has 1 aromatic rings. The van der Waals surface area contributed by atoms with E-state index in [0.717, 1.165) is 4.90 Å². The number of amides is 1. The van der Waals surface area contributed by atoms with Crippen LogP contribution in [0.2, 0.25) is 0 Å². The summed E-state index contributed by atoms with van der Waals surface area (Å²) < 4.78 is 28.8. The Kier molecular flexibility index (Phi) is 3.19. The van der Waals surface area contributed by atoms with E-state index >= 15 is 0 Å². The molecule has 0 saturated carbocycles. The molecular formula is C11H11NO6S. The van der Waals surface area contributed by atoms with Crippen molar-refractivity contribution in [2.75, 3.05) is 24.3 Å². The first-order chi connectivity index (χ1) is 8.86. The van der Waals surface area contributed by atoms with Gasteiger partial charge in [-0.3, -0.25) is 4.79 Å². The van der Waals surface area contributed by atoms with E-state index in [1.165, 1.54) is 25.3 Å². The topological polar surface area (TPSA) is 101 Å². The predicted molar refractivity (Wildman–Crippen MR) is 65.0 cm³/mol. The van der Waals surface area contributed by atoms with Crippen LogP contribution in [0, 0.1) is 0 Å². The van der Waals surface area contributed by atoms with Gasteiger partial charge in [-0.05, 0) is 12.1 Å². The highest BCUT2D eigenvalue weighted by molar-refractivity contribution is 7.91. The van der Waals surface area contributed by atoms with Crippen molar-refractivity contribution >= 4 is 27.4 Å². The lowest BCUT2D eigenvalue weighted by Gasteiger charge is -2.28. The number of benzene rings is 1. The summed E-state index contributed by atoms with van der Waals surface area (Å²) in [5.41, 5.74) is 0.0689. The lowest BCUT2D eigenvalue weighted by molar-refractivity contribution is -0.148. The summed E-state index contributed by atoms with van der Waals surface area (Å²) in [4.78, 5) is 23.1. The second kappa shape index (κ2) is 4.54. The van der Waals surface area contributed by atoms with Crippen LogP contribution in [-0.2, 0) is 19.4 Å². The minimum Gasteiger partial charge on any atom is -0.497 e. The number of carbonyl (C=O) groups excluding carboxylic acids is 1. The Morgan fingerprint density at radius 2 is 2.05 bits per heavy atom. The van der Waals surface area contributed by atoms with Gasteiger partial charge in [-0.2, -0.15) is 0 Å². The molecule has 1 aliphatic rings. The third-order valence-electron chi connectivity index (χ3n) is 2.80. The first-order valence-electron chi connectivity index (χ1n) is 5.32. The normalized spacial score (nSPS) is 16.6. The van der Waals surface area contributed by atoms with Gasteiger partial charge in [0.2, 0.25) is 0 Å². The standard InChI is InChI=1S/C11H11NO6S/c1-18-7-2-3-8-9(6-7)19(16,17)5-4-12(8)10(13)11(14)15/h2-3,6H,4-5H2,1H3,(H,14,15). The van der Waals surface area contributed by atoms with E-state index in [-0.39, 0.29) is 22.9 Å². The number of carbonyl (C=O) groups is 2. The molecule has 1 heterocycles. The highest BCUT2D eigenvalue weighted by atomic mass is 32.2. The molecule has 0 fully saturated rings. The van der Waals surface area contributed by atoms with Crippen LogP contribution < -0.4 is 9.64 Å². The lowest BCUT2D eigenvalue weighted by Crippen LogP contribution is -2.43. The summed E-state index contributed by atoms with van der Waals surface area (Å²) in [5, 5.41) is 8.73. The molecule has 1 aromatic carbocycles. The molecular weight excluding hydrogens is 274 g/mol. The average molecular weight is 285 g/mol. The Morgan fingerprint density at radius 3 is 2.63 bits per heavy atom. The number of aliphatic carboxylic acids is 1. The Morgan fingerprint density at radius 1 is 1.37 bits per heavy atom. The van der Waals surface area contributed by atoms with E-state index in [0.29, 0.717) is 5.75 Å². The highest BCUT2D eigenvalue weighted by Crippen LogP contribution is 2.33. The lowest BCUT2D eigenvalue weighted by atomic mass is 10.2. The number of nitrogens with zero attached hydrogens (tertiary/aromatic N) is 1. The second-order valence-corrected chi connectivity index (χ2v) is 5.99. The third kappa shape index (κ3) is 2.26. The number of hydrogen-bond donors (Lipinski definition) is 1. The van der Waals surface area contributed by atoms with Gasteiger partial charge in [0.25, 0.3) is 0 Å². The minimum absolute atomic E-state index is 0.0689. The summed E-state index contributed by atoms with van der Waals surface area (Å²) in [7, 11) is -2.15. The summed E-state index contributed by atoms with van der Waals surface area (Å²) in [6.07, 6.45) is 0. The quantitative estimate of drug-likeness (QED) is 0.723. The number of methoxy groups -OCH3 is 1. The molecule has 2 rings (SSSR count). The Hall–Kier alpha value is -2.09. The molecule has 102 valence electrons. The molecule has 8 heteroatoms. The van der Waals surface area contributed by atoms with E-state index in [1.807, 2.05) is 0 Å². The molecule has 0 unspecified atom stereocenters. The van der Waals surface area contributed by atoms with Crippen molar-refractivity contribution in [2.45, 2.75) is 4.90 Å². The van der Waals surface area contributed by atoms with Crippen LogP contribution in [-0.4, -0.2) is 44.8 Å². The van der Waals surface area contributed by atoms with Crippen LogP contribution in [0.1, 0.15) is 0 Å². The van der Waals surface area contributed by atoms with Gasteiger partial charge >= 0.3 is 11.9 Å². The molecule has 0 aliphatic carbocycles. The van der Waals surface area contributed by atoms with Gasteiger partial charge in [0.05, 0.1) is 23.4 Å². The van der Waals surface area contributed by atoms with E-state index < -0.39 is 21.7 Å². The SMILES string of the molecule is COc1ccc2c(c1)S(=O)(=O)CCN2C(=O)C(=O)O. The van der Waals surface area contributed by atoms with E-state index in [4.69, 9.17) is 9.84 Å². The molecule has 0 aromatic heterocycles. The van der Waals surface area contributed by atoms with E-state index in [2.05, 4.69) is 0 Å². The van der Waals surface area contributed by atoms with Crippen molar-refractivity contribution in [3.8, 4) is 5.75 Å². The maximum absolute atomic E-state index is 11.9. The Labute approximate surface area is 109 Å². The van der Waals surface area contributed by atoms with Gasteiger partial charge in [0.15, 0.2) is 9.84 Å². The number of carboxylic acid groups (broad SMARTS) is 1. The number of sulfone groups is 1. The van der Waals surface area contributed by atoms with Gasteiger partial charge in [-0.1, -0.05) is 0 Å². The largest absolute Gasteiger partial charge is 0.497 e. The molecule has 1 N–H and O–H groups in total. The summed E-state index contributed by atoms with van der Waals surface area (Å²) in [6, 6.07) is 4.12. The number of ether oxygens (including phenoxy) is 1. The smallest absolute Gasteiger partial charge is 0.394 e. The van der Waals surface area contributed by atoms with Crippen LogP contribution in [0.3, 0.4) is 0 Å². The Balaban J connectivity index is 2.59. The van der Waals surface area contributed by atoms with Crippen LogP contribution in [0.4, 0.5) is 5.69 Å². The predicted octanol–water partition coefficient (Wildman–Crippen LogP) is -0.0999. The molecule has 19 heavy (non-hydrogen) atoms.